The van der Waals surface area contributed by atoms with Crippen molar-refractivity contribution in [2.75, 3.05) is 37.6 Å². The fourth-order valence-electron chi connectivity index (χ4n) is 1.15. The first-order valence-corrected chi connectivity index (χ1v) is 5.74. The van der Waals surface area contributed by atoms with Crippen LogP contribution in [0.5, 0.6) is 6.01 Å². The van der Waals surface area contributed by atoms with Gasteiger partial charge in [0.15, 0.2) is 0 Å². The molecule has 0 amide bonds. The molecule has 1 aromatic heterocycles. The van der Waals surface area contributed by atoms with Gasteiger partial charge in [-0.1, -0.05) is 13.8 Å². The Balaban J connectivity index is 2.41. The van der Waals surface area contributed by atoms with Gasteiger partial charge in [-0.3, -0.25) is 5.43 Å². The lowest BCUT2D eigenvalue weighted by atomic mass is 10.2. The van der Waals surface area contributed by atoms with E-state index < -0.39 is 0 Å². The van der Waals surface area contributed by atoms with Crippen molar-refractivity contribution in [3.05, 3.63) is 0 Å². The summed E-state index contributed by atoms with van der Waals surface area (Å²) in [5.41, 5.74) is 2.35. The van der Waals surface area contributed by atoms with E-state index in [4.69, 9.17) is 15.3 Å². The number of ether oxygens (including phenoxy) is 2. The molecular formula is C10H20N6O2. The maximum Gasteiger partial charge on any atom is 0.322 e. The number of hydrogen-bond acceptors (Lipinski definition) is 8. The Kier molecular flexibility index (Phi) is 6.09. The Labute approximate surface area is 106 Å². The predicted octanol–water partition coefficient (Wildman–Crippen LogP) is 0.250. The van der Waals surface area contributed by atoms with Crippen LogP contribution in [0.15, 0.2) is 0 Å². The van der Waals surface area contributed by atoms with Crippen LogP contribution in [0.25, 0.3) is 0 Å². The molecule has 102 valence electrons. The highest BCUT2D eigenvalue weighted by Gasteiger charge is 2.05. The van der Waals surface area contributed by atoms with Crippen LogP contribution < -0.4 is 21.3 Å². The first-order valence-electron chi connectivity index (χ1n) is 5.74. The van der Waals surface area contributed by atoms with E-state index in [-0.39, 0.29) is 12.0 Å². The molecule has 1 heterocycles. The molecule has 1 aromatic rings. The van der Waals surface area contributed by atoms with E-state index in [1.165, 1.54) is 7.11 Å². The highest BCUT2D eigenvalue weighted by Crippen LogP contribution is 2.09. The summed E-state index contributed by atoms with van der Waals surface area (Å²) in [6, 6.07) is 0.198. The van der Waals surface area contributed by atoms with Gasteiger partial charge in [-0.25, -0.2) is 5.84 Å². The van der Waals surface area contributed by atoms with Crippen molar-refractivity contribution in [2.45, 2.75) is 13.8 Å². The van der Waals surface area contributed by atoms with Crippen molar-refractivity contribution < 1.29 is 9.47 Å². The highest BCUT2D eigenvalue weighted by atomic mass is 16.5. The maximum absolute atomic E-state index is 5.42. The van der Waals surface area contributed by atoms with Crippen LogP contribution in [0.2, 0.25) is 0 Å². The third kappa shape index (κ3) is 5.11. The Bertz CT molecular complexity index is 338. The van der Waals surface area contributed by atoms with E-state index in [0.29, 0.717) is 25.0 Å². The molecule has 0 bridgehead atoms. The Morgan fingerprint density at radius 1 is 1.22 bits per heavy atom. The van der Waals surface area contributed by atoms with Crippen LogP contribution in [0.4, 0.5) is 11.9 Å². The summed E-state index contributed by atoms with van der Waals surface area (Å²) in [7, 11) is 1.48. The van der Waals surface area contributed by atoms with Crippen molar-refractivity contribution in [1.82, 2.24) is 15.0 Å². The molecular weight excluding hydrogens is 236 g/mol. The number of methoxy groups -OCH3 is 1. The van der Waals surface area contributed by atoms with Gasteiger partial charge in [-0.05, 0) is 5.92 Å². The third-order valence-corrected chi connectivity index (χ3v) is 1.91. The molecule has 0 aliphatic heterocycles. The molecule has 8 heteroatoms. The van der Waals surface area contributed by atoms with Crippen molar-refractivity contribution >= 4 is 11.9 Å². The summed E-state index contributed by atoms with van der Waals surface area (Å²) in [5, 5.41) is 3.01. The first-order chi connectivity index (χ1) is 8.65. The van der Waals surface area contributed by atoms with E-state index in [1.54, 1.807) is 0 Å². The van der Waals surface area contributed by atoms with Gasteiger partial charge in [0.05, 0.1) is 13.7 Å². The second kappa shape index (κ2) is 7.62. The van der Waals surface area contributed by atoms with E-state index in [1.807, 2.05) is 0 Å². The number of nitrogens with one attached hydrogen (secondary N) is 2. The fourth-order valence-corrected chi connectivity index (χ4v) is 1.15. The maximum atomic E-state index is 5.42. The van der Waals surface area contributed by atoms with Crippen LogP contribution in [-0.4, -0.2) is 41.8 Å². The molecule has 0 aliphatic rings. The molecule has 0 fully saturated rings. The Morgan fingerprint density at radius 2 is 1.94 bits per heavy atom. The van der Waals surface area contributed by atoms with Crippen LogP contribution in [0.3, 0.4) is 0 Å². The monoisotopic (exact) mass is 256 g/mol. The van der Waals surface area contributed by atoms with Gasteiger partial charge in [0, 0.05) is 13.2 Å². The van der Waals surface area contributed by atoms with Gasteiger partial charge in [0.1, 0.15) is 0 Å². The molecule has 8 nitrogen and oxygen atoms in total. The number of hydrogen-bond donors (Lipinski definition) is 3. The van der Waals surface area contributed by atoms with E-state index in [2.05, 4.69) is 39.5 Å². The van der Waals surface area contributed by atoms with E-state index in [0.717, 1.165) is 6.61 Å². The Hall–Kier alpha value is -1.67. The molecule has 0 atom stereocenters. The molecule has 0 aromatic carbocycles. The van der Waals surface area contributed by atoms with E-state index in [9.17, 15) is 0 Å². The molecule has 0 saturated heterocycles. The second-order valence-electron chi connectivity index (χ2n) is 4.01. The van der Waals surface area contributed by atoms with Crippen molar-refractivity contribution in [1.29, 1.82) is 0 Å². The summed E-state index contributed by atoms with van der Waals surface area (Å²) < 4.78 is 10.4. The minimum atomic E-state index is 0.198. The number of rotatable bonds is 8. The van der Waals surface area contributed by atoms with Crippen molar-refractivity contribution in [2.24, 2.45) is 11.8 Å². The zero-order valence-electron chi connectivity index (χ0n) is 10.9. The summed E-state index contributed by atoms with van der Waals surface area (Å²) in [4.78, 5) is 11.9. The van der Waals surface area contributed by atoms with Gasteiger partial charge in [0.2, 0.25) is 11.9 Å². The highest BCUT2D eigenvalue weighted by molar-refractivity contribution is 5.34. The smallest absolute Gasteiger partial charge is 0.322 e. The van der Waals surface area contributed by atoms with E-state index >= 15 is 0 Å². The number of nitrogens with two attached hydrogens (primary N) is 1. The second-order valence-corrected chi connectivity index (χ2v) is 4.01. The van der Waals surface area contributed by atoms with Crippen molar-refractivity contribution in [3.63, 3.8) is 0 Å². The summed E-state index contributed by atoms with van der Waals surface area (Å²) >= 11 is 0. The molecule has 0 unspecified atom stereocenters. The Morgan fingerprint density at radius 3 is 2.56 bits per heavy atom. The molecule has 0 radical (unpaired) electrons. The lowest BCUT2D eigenvalue weighted by Gasteiger charge is -2.09. The number of aromatic nitrogens is 3. The zero-order chi connectivity index (χ0) is 13.4. The normalized spacial score (nSPS) is 10.5. The number of anilines is 2. The summed E-state index contributed by atoms with van der Waals surface area (Å²) in [6.07, 6.45) is 0. The SMILES string of the molecule is COc1nc(NN)nc(NCCOCC(C)C)n1. The first kappa shape index (κ1) is 14.4. The lowest BCUT2D eigenvalue weighted by Crippen LogP contribution is -2.16. The summed E-state index contributed by atoms with van der Waals surface area (Å²) in [6.45, 7) is 6.12. The molecule has 0 aliphatic carbocycles. The van der Waals surface area contributed by atoms with Gasteiger partial charge in [-0.2, -0.15) is 15.0 Å². The number of hydrazine groups is 1. The van der Waals surface area contributed by atoms with Crippen LogP contribution in [-0.2, 0) is 4.74 Å². The molecule has 0 saturated carbocycles. The van der Waals surface area contributed by atoms with Crippen LogP contribution >= 0.6 is 0 Å². The minimum absolute atomic E-state index is 0.198. The van der Waals surface area contributed by atoms with Crippen LogP contribution in [0.1, 0.15) is 13.8 Å². The zero-order valence-corrected chi connectivity index (χ0v) is 10.9. The molecule has 4 N–H and O–H groups in total. The predicted molar refractivity (Wildman–Crippen MR) is 68.3 cm³/mol. The van der Waals surface area contributed by atoms with Crippen molar-refractivity contribution in [3.8, 4) is 6.01 Å². The van der Waals surface area contributed by atoms with Gasteiger partial charge in [-0.15, -0.1) is 0 Å². The third-order valence-electron chi connectivity index (χ3n) is 1.91. The average Bonchev–Trinajstić information content (AvgIpc) is 2.37. The average molecular weight is 256 g/mol. The standard InChI is InChI=1S/C10H20N6O2/c1-7(2)6-18-5-4-12-8-13-9(16-11)15-10(14-8)17-3/h7H,4-6,11H2,1-3H3,(H2,12,13,14,15,16). The topological polar surface area (TPSA) is 107 Å². The van der Waals surface area contributed by atoms with Gasteiger partial charge in [0.25, 0.3) is 0 Å². The van der Waals surface area contributed by atoms with Gasteiger partial charge >= 0.3 is 6.01 Å². The summed E-state index contributed by atoms with van der Waals surface area (Å²) in [5.74, 6) is 6.40. The quantitative estimate of drug-likeness (QED) is 0.345. The minimum Gasteiger partial charge on any atom is -0.467 e. The number of nitrogens with zero attached hydrogens (tertiary/aromatic N) is 3. The van der Waals surface area contributed by atoms with Gasteiger partial charge < -0.3 is 14.8 Å². The fraction of sp³-hybridized carbons (Fsp3) is 0.700. The van der Waals surface area contributed by atoms with Crippen LogP contribution in [0, 0.1) is 5.92 Å². The molecule has 0 spiro atoms. The largest absolute Gasteiger partial charge is 0.467 e. The number of nitrogen functional groups attached to an aromatic ring is 1. The molecule has 1 rings (SSSR count). The molecule has 18 heavy (non-hydrogen) atoms. The lowest BCUT2D eigenvalue weighted by molar-refractivity contribution is 0.118.